The van der Waals surface area contributed by atoms with Gasteiger partial charge in [0.05, 0.1) is 6.61 Å². The van der Waals surface area contributed by atoms with Crippen LogP contribution in [0.4, 0.5) is 0 Å². The predicted octanol–water partition coefficient (Wildman–Crippen LogP) is 8.02. The summed E-state index contributed by atoms with van der Waals surface area (Å²) in [5.74, 6) is 11.6. The Balaban J connectivity index is 1.38. The highest BCUT2D eigenvalue weighted by Crippen LogP contribution is 2.42. The van der Waals surface area contributed by atoms with Gasteiger partial charge in [0.15, 0.2) is 0 Å². The topological polar surface area (TPSA) is 9.23 Å². The van der Waals surface area contributed by atoms with Crippen molar-refractivity contribution in [2.45, 2.75) is 97.3 Å². The zero-order valence-corrected chi connectivity index (χ0v) is 18.9. The Morgan fingerprint density at radius 1 is 0.793 bits per heavy atom. The van der Waals surface area contributed by atoms with Gasteiger partial charge in [0, 0.05) is 11.5 Å². The van der Waals surface area contributed by atoms with Crippen molar-refractivity contribution in [3.8, 4) is 17.6 Å². The molecule has 2 fully saturated rings. The summed E-state index contributed by atoms with van der Waals surface area (Å²) in [4.78, 5) is 0. The first-order chi connectivity index (χ1) is 14.3. The molecular formula is C28H42O. The highest BCUT2D eigenvalue weighted by Gasteiger charge is 2.30. The smallest absolute Gasteiger partial charge is 0.119 e. The number of benzene rings is 1. The molecule has 160 valence electrons. The van der Waals surface area contributed by atoms with Gasteiger partial charge in [-0.05, 0) is 87.0 Å². The Morgan fingerprint density at radius 3 is 2.03 bits per heavy atom. The lowest BCUT2D eigenvalue weighted by Crippen LogP contribution is -2.25. The van der Waals surface area contributed by atoms with Crippen LogP contribution < -0.4 is 4.74 Å². The average Bonchev–Trinajstić information content (AvgIpc) is 2.78. The maximum absolute atomic E-state index is 5.74. The van der Waals surface area contributed by atoms with Gasteiger partial charge in [-0.2, -0.15) is 0 Å². The molecule has 1 aromatic carbocycles. The van der Waals surface area contributed by atoms with Crippen LogP contribution in [0.5, 0.6) is 5.75 Å². The summed E-state index contributed by atoms with van der Waals surface area (Å²) < 4.78 is 5.74. The van der Waals surface area contributed by atoms with Crippen LogP contribution in [-0.4, -0.2) is 6.61 Å². The van der Waals surface area contributed by atoms with Gasteiger partial charge < -0.3 is 4.74 Å². The van der Waals surface area contributed by atoms with Crippen LogP contribution in [0.3, 0.4) is 0 Å². The van der Waals surface area contributed by atoms with Gasteiger partial charge in [-0.15, -0.1) is 0 Å². The second-order valence-corrected chi connectivity index (χ2v) is 9.53. The molecule has 0 radical (unpaired) electrons. The molecule has 2 saturated carbocycles. The van der Waals surface area contributed by atoms with Crippen molar-refractivity contribution in [1.82, 2.24) is 0 Å². The van der Waals surface area contributed by atoms with E-state index in [0.29, 0.717) is 5.92 Å². The molecule has 0 heterocycles. The van der Waals surface area contributed by atoms with Gasteiger partial charge in [0.25, 0.3) is 0 Å². The second kappa shape index (κ2) is 12.3. The Bertz CT molecular complexity index is 619. The van der Waals surface area contributed by atoms with E-state index in [0.717, 1.165) is 42.1 Å². The molecule has 0 amide bonds. The van der Waals surface area contributed by atoms with E-state index in [2.05, 4.69) is 50.0 Å². The van der Waals surface area contributed by atoms with Crippen LogP contribution >= 0.6 is 0 Å². The van der Waals surface area contributed by atoms with Crippen molar-refractivity contribution in [3.63, 3.8) is 0 Å². The minimum atomic E-state index is 0.604. The van der Waals surface area contributed by atoms with Gasteiger partial charge in [-0.3, -0.25) is 0 Å². The van der Waals surface area contributed by atoms with Crippen molar-refractivity contribution < 1.29 is 4.74 Å². The van der Waals surface area contributed by atoms with Crippen molar-refractivity contribution in [2.75, 3.05) is 6.61 Å². The van der Waals surface area contributed by atoms with Crippen LogP contribution in [0, 0.1) is 35.5 Å². The molecule has 0 aliphatic heterocycles. The van der Waals surface area contributed by atoms with E-state index in [4.69, 9.17) is 4.74 Å². The van der Waals surface area contributed by atoms with Crippen molar-refractivity contribution in [3.05, 3.63) is 29.8 Å². The van der Waals surface area contributed by atoms with Gasteiger partial charge in [0.1, 0.15) is 5.75 Å². The quantitative estimate of drug-likeness (QED) is 0.320. The van der Waals surface area contributed by atoms with Gasteiger partial charge >= 0.3 is 0 Å². The summed E-state index contributed by atoms with van der Waals surface area (Å²) in [6.45, 7) is 5.32. The van der Waals surface area contributed by atoms with Gasteiger partial charge in [0.2, 0.25) is 0 Å². The van der Waals surface area contributed by atoms with E-state index in [1.54, 1.807) is 0 Å². The molecule has 0 atom stereocenters. The number of ether oxygens (including phenoxy) is 1. The molecule has 0 unspecified atom stereocenters. The molecule has 0 N–H and O–H groups in total. The van der Waals surface area contributed by atoms with Crippen LogP contribution in [0.15, 0.2) is 24.3 Å². The molecule has 2 aliphatic carbocycles. The minimum absolute atomic E-state index is 0.604. The molecule has 0 aromatic heterocycles. The molecule has 3 rings (SSSR count). The molecule has 0 spiro atoms. The highest BCUT2D eigenvalue weighted by molar-refractivity contribution is 5.38. The van der Waals surface area contributed by atoms with Crippen LogP contribution in [0.1, 0.15) is 103 Å². The first-order valence-corrected chi connectivity index (χ1v) is 12.5. The largest absolute Gasteiger partial charge is 0.494 e. The number of rotatable bonds is 8. The molecule has 1 aromatic rings. The van der Waals surface area contributed by atoms with Crippen molar-refractivity contribution >= 4 is 0 Å². The SMILES string of the molecule is CCCCOc1ccc(C#CC2CCC(C3CCC(CCCC)CC3)CC2)cc1. The highest BCUT2D eigenvalue weighted by atomic mass is 16.5. The summed E-state index contributed by atoms with van der Waals surface area (Å²) in [5, 5.41) is 0. The average molecular weight is 395 g/mol. The third kappa shape index (κ3) is 7.40. The van der Waals surface area contributed by atoms with Crippen molar-refractivity contribution in [1.29, 1.82) is 0 Å². The van der Waals surface area contributed by atoms with E-state index < -0.39 is 0 Å². The molecule has 1 heteroatoms. The molecule has 1 nitrogen and oxygen atoms in total. The normalized spacial score (nSPS) is 27.1. The minimum Gasteiger partial charge on any atom is -0.494 e. The van der Waals surface area contributed by atoms with Gasteiger partial charge in [-0.1, -0.05) is 64.2 Å². The molecule has 29 heavy (non-hydrogen) atoms. The summed E-state index contributed by atoms with van der Waals surface area (Å²) in [6, 6.07) is 8.34. The van der Waals surface area contributed by atoms with E-state index in [1.807, 2.05) is 0 Å². The summed E-state index contributed by atoms with van der Waals surface area (Å²) >= 11 is 0. The van der Waals surface area contributed by atoms with Gasteiger partial charge in [-0.25, -0.2) is 0 Å². The monoisotopic (exact) mass is 394 g/mol. The third-order valence-electron chi connectivity index (χ3n) is 7.34. The molecule has 2 aliphatic rings. The fourth-order valence-electron chi connectivity index (χ4n) is 5.33. The number of hydrogen-bond acceptors (Lipinski definition) is 1. The third-order valence-corrected chi connectivity index (χ3v) is 7.34. The Labute approximate surface area is 180 Å². The van der Waals surface area contributed by atoms with Crippen LogP contribution in [0.25, 0.3) is 0 Å². The summed E-state index contributed by atoms with van der Waals surface area (Å²) in [5.41, 5.74) is 1.13. The Morgan fingerprint density at radius 2 is 1.41 bits per heavy atom. The van der Waals surface area contributed by atoms with E-state index >= 15 is 0 Å². The first-order valence-electron chi connectivity index (χ1n) is 12.5. The Hall–Kier alpha value is -1.42. The lowest BCUT2D eigenvalue weighted by molar-refractivity contribution is 0.153. The van der Waals surface area contributed by atoms with E-state index in [9.17, 15) is 0 Å². The van der Waals surface area contributed by atoms with E-state index in [-0.39, 0.29) is 0 Å². The number of unbranched alkanes of at least 4 members (excludes halogenated alkanes) is 2. The summed E-state index contributed by atoms with van der Waals surface area (Å²) in [7, 11) is 0. The standard InChI is InChI=1S/C28H42O/c1-3-5-7-23-10-16-26(17-11-23)27-18-12-24(13-19-27)8-9-25-14-20-28(21-15-25)29-22-6-4-2/h14-15,20-21,23-24,26-27H,3-7,10-13,16-19,22H2,1-2H3. The molecule has 0 bridgehead atoms. The van der Waals surface area contributed by atoms with E-state index in [1.165, 1.54) is 77.0 Å². The maximum atomic E-state index is 5.74. The zero-order valence-electron chi connectivity index (χ0n) is 18.9. The number of hydrogen-bond donors (Lipinski definition) is 0. The van der Waals surface area contributed by atoms with Crippen LogP contribution in [-0.2, 0) is 0 Å². The zero-order chi connectivity index (χ0) is 20.3. The lowest BCUT2D eigenvalue weighted by Gasteiger charge is -2.37. The first kappa shape index (κ1) is 22.3. The lowest BCUT2D eigenvalue weighted by atomic mass is 9.69. The predicted molar refractivity (Wildman–Crippen MR) is 124 cm³/mol. The maximum Gasteiger partial charge on any atom is 0.119 e. The Kier molecular flexibility index (Phi) is 9.46. The molecular weight excluding hydrogens is 352 g/mol. The fourth-order valence-corrected chi connectivity index (χ4v) is 5.33. The van der Waals surface area contributed by atoms with Crippen molar-refractivity contribution in [2.24, 2.45) is 23.7 Å². The molecule has 0 saturated heterocycles. The fraction of sp³-hybridized carbons (Fsp3) is 0.714. The second-order valence-electron chi connectivity index (χ2n) is 9.53. The van der Waals surface area contributed by atoms with Crippen LogP contribution in [0.2, 0.25) is 0 Å². The summed E-state index contributed by atoms with van der Waals surface area (Å²) in [6.07, 6.45) is 18.0.